The molecule has 0 aliphatic carbocycles. The monoisotopic (exact) mass is 363 g/mol. The fraction of sp³-hybridized carbons (Fsp3) is 0.190. The van der Waals surface area contributed by atoms with Crippen molar-refractivity contribution in [2.45, 2.75) is 13.5 Å². The van der Waals surface area contributed by atoms with Crippen LogP contribution in [0.3, 0.4) is 0 Å². The van der Waals surface area contributed by atoms with Gasteiger partial charge in [0.25, 0.3) is 5.91 Å². The Morgan fingerprint density at radius 3 is 2.41 bits per heavy atom. The number of nitrogens with zero attached hydrogens (tertiary/aromatic N) is 2. The topological polar surface area (TPSA) is 73.3 Å². The van der Waals surface area contributed by atoms with E-state index in [1.807, 2.05) is 61.5 Å². The first-order valence-corrected chi connectivity index (χ1v) is 8.55. The van der Waals surface area contributed by atoms with Crippen molar-refractivity contribution in [2.75, 3.05) is 13.7 Å². The van der Waals surface area contributed by atoms with Gasteiger partial charge in [-0.15, -0.1) is 0 Å². The highest BCUT2D eigenvalue weighted by Gasteiger charge is 2.06. The Morgan fingerprint density at radius 1 is 1.00 bits per heavy atom. The number of carbonyl (C=O) groups excluding carboxylic acids is 1. The van der Waals surface area contributed by atoms with Gasteiger partial charge in [-0.25, -0.2) is 9.97 Å². The van der Waals surface area contributed by atoms with Crippen molar-refractivity contribution in [2.24, 2.45) is 0 Å². The van der Waals surface area contributed by atoms with Gasteiger partial charge in [0.2, 0.25) is 0 Å². The third-order valence-corrected chi connectivity index (χ3v) is 3.97. The van der Waals surface area contributed by atoms with Crippen molar-refractivity contribution in [3.8, 4) is 22.8 Å². The Kier molecular flexibility index (Phi) is 5.99. The van der Waals surface area contributed by atoms with Crippen LogP contribution in [0, 0.1) is 6.92 Å². The SMILES string of the molecule is COc1ccc(-c2cc(CNC(=O)COc3ccc(C)cc3)ncn2)cc1. The molecule has 1 aromatic heterocycles. The molecule has 0 saturated carbocycles. The van der Waals surface area contributed by atoms with Gasteiger partial charge in [0.15, 0.2) is 6.61 Å². The fourth-order valence-electron chi connectivity index (χ4n) is 2.44. The molecule has 0 spiro atoms. The average Bonchev–Trinajstić information content (AvgIpc) is 2.72. The number of methoxy groups -OCH3 is 1. The minimum atomic E-state index is -0.208. The summed E-state index contributed by atoms with van der Waals surface area (Å²) in [4.78, 5) is 20.5. The van der Waals surface area contributed by atoms with Crippen LogP contribution >= 0.6 is 0 Å². The van der Waals surface area contributed by atoms with Crippen LogP contribution in [0.15, 0.2) is 60.9 Å². The zero-order valence-corrected chi connectivity index (χ0v) is 15.3. The minimum Gasteiger partial charge on any atom is -0.497 e. The van der Waals surface area contributed by atoms with Gasteiger partial charge in [0, 0.05) is 5.56 Å². The number of rotatable bonds is 7. The number of hydrogen-bond donors (Lipinski definition) is 1. The first-order valence-electron chi connectivity index (χ1n) is 8.55. The number of amides is 1. The molecule has 0 aliphatic rings. The summed E-state index contributed by atoms with van der Waals surface area (Å²) >= 11 is 0. The molecule has 0 bridgehead atoms. The number of aromatic nitrogens is 2. The summed E-state index contributed by atoms with van der Waals surface area (Å²) in [5, 5.41) is 2.80. The molecule has 0 atom stereocenters. The standard InChI is InChI=1S/C21H21N3O3/c1-15-3-7-19(8-4-15)27-13-21(25)22-12-17-11-20(24-14-23-17)16-5-9-18(26-2)10-6-16/h3-11,14H,12-13H2,1-2H3,(H,22,25). The molecule has 6 nitrogen and oxygen atoms in total. The zero-order valence-electron chi connectivity index (χ0n) is 15.3. The first kappa shape index (κ1) is 18.4. The van der Waals surface area contributed by atoms with Crippen LogP contribution in [0.1, 0.15) is 11.3 Å². The van der Waals surface area contributed by atoms with Crippen LogP contribution in [0.5, 0.6) is 11.5 Å². The fourth-order valence-corrected chi connectivity index (χ4v) is 2.44. The van der Waals surface area contributed by atoms with Crippen molar-refractivity contribution in [1.82, 2.24) is 15.3 Å². The van der Waals surface area contributed by atoms with Gasteiger partial charge in [-0.05, 0) is 49.4 Å². The average molecular weight is 363 g/mol. The molecule has 1 heterocycles. The lowest BCUT2D eigenvalue weighted by molar-refractivity contribution is -0.123. The van der Waals surface area contributed by atoms with Crippen molar-refractivity contribution in [3.63, 3.8) is 0 Å². The van der Waals surface area contributed by atoms with Crippen LogP contribution in [0.25, 0.3) is 11.3 Å². The summed E-state index contributed by atoms with van der Waals surface area (Å²) in [6, 6.07) is 17.0. The Morgan fingerprint density at radius 2 is 1.70 bits per heavy atom. The summed E-state index contributed by atoms with van der Waals surface area (Å²) in [5.41, 5.74) is 3.60. The summed E-state index contributed by atoms with van der Waals surface area (Å²) in [5.74, 6) is 1.24. The lowest BCUT2D eigenvalue weighted by Crippen LogP contribution is -2.28. The smallest absolute Gasteiger partial charge is 0.258 e. The number of ether oxygens (including phenoxy) is 2. The van der Waals surface area contributed by atoms with E-state index in [0.717, 1.165) is 28.3 Å². The third kappa shape index (κ3) is 5.28. The first-order chi connectivity index (χ1) is 13.1. The van der Waals surface area contributed by atoms with Gasteiger partial charge < -0.3 is 14.8 Å². The molecule has 2 aromatic carbocycles. The molecule has 27 heavy (non-hydrogen) atoms. The maximum absolute atomic E-state index is 12.0. The van der Waals surface area contributed by atoms with Gasteiger partial charge in [-0.3, -0.25) is 4.79 Å². The minimum absolute atomic E-state index is 0.0422. The summed E-state index contributed by atoms with van der Waals surface area (Å²) in [7, 11) is 1.63. The van der Waals surface area contributed by atoms with E-state index in [-0.39, 0.29) is 12.5 Å². The second kappa shape index (κ2) is 8.80. The molecule has 0 radical (unpaired) electrons. The Balaban J connectivity index is 1.54. The number of aryl methyl sites for hydroxylation is 1. The molecule has 1 N–H and O–H groups in total. The van der Waals surface area contributed by atoms with E-state index < -0.39 is 0 Å². The van der Waals surface area contributed by atoms with E-state index in [1.165, 1.54) is 6.33 Å². The van der Waals surface area contributed by atoms with Crippen LogP contribution in [0.2, 0.25) is 0 Å². The molecule has 3 rings (SSSR count). The lowest BCUT2D eigenvalue weighted by atomic mass is 10.1. The Hall–Kier alpha value is -3.41. The maximum atomic E-state index is 12.0. The van der Waals surface area contributed by atoms with Gasteiger partial charge in [-0.1, -0.05) is 17.7 Å². The van der Waals surface area contributed by atoms with Crippen molar-refractivity contribution in [3.05, 3.63) is 72.2 Å². The van der Waals surface area contributed by atoms with E-state index in [1.54, 1.807) is 7.11 Å². The molecular formula is C21H21N3O3. The van der Waals surface area contributed by atoms with E-state index in [9.17, 15) is 4.79 Å². The van der Waals surface area contributed by atoms with Crippen LogP contribution in [-0.4, -0.2) is 29.6 Å². The van der Waals surface area contributed by atoms with Gasteiger partial charge in [0.05, 0.1) is 25.0 Å². The van der Waals surface area contributed by atoms with E-state index >= 15 is 0 Å². The molecule has 0 unspecified atom stereocenters. The van der Waals surface area contributed by atoms with Gasteiger partial charge in [0.1, 0.15) is 17.8 Å². The third-order valence-electron chi connectivity index (χ3n) is 3.97. The summed E-state index contributed by atoms with van der Waals surface area (Å²) < 4.78 is 10.6. The van der Waals surface area contributed by atoms with Crippen molar-refractivity contribution < 1.29 is 14.3 Å². The molecule has 0 saturated heterocycles. The largest absolute Gasteiger partial charge is 0.497 e. The predicted octanol–water partition coefficient (Wildman–Crippen LogP) is 3.16. The quantitative estimate of drug-likeness (QED) is 0.698. The number of nitrogens with one attached hydrogen (secondary N) is 1. The highest BCUT2D eigenvalue weighted by molar-refractivity contribution is 5.77. The predicted molar refractivity (Wildman–Crippen MR) is 103 cm³/mol. The highest BCUT2D eigenvalue weighted by atomic mass is 16.5. The van der Waals surface area contributed by atoms with Gasteiger partial charge >= 0.3 is 0 Å². The zero-order chi connectivity index (χ0) is 19.1. The summed E-state index contributed by atoms with van der Waals surface area (Å²) in [6.45, 7) is 2.26. The molecule has 1 amide bonds. The van der Waals surface area contributed by atoms with E-state index in [2.05, 4.69) is 15.3 Å². The number of carbonyl (C=O) groups is 1. The number of hydrogen-bond acceptors (Lipinski definition) is 5. The second-order valence-electron chi connectivity index (χ2n) is 6.00. The van der Waals surface area contributed by atoms with Gasteiger partial charge in [-0.2, -0.15) is 0 Å². The lowest BCUT2D eigenvalue weighted by Gasteiger charge is -2.08. The summed E-state index contributed by atoms with van der Waals surface area (Å²) in [6.07, 6.45) is 1.49. The molecular weight excluding hydrogens is 342 g/mol. The van der Waals surface area contributed by atoms with Crippen LogP contribution in [-0.2, 0) is 11.3 Å². The normalized spacial score (nSPS) is 10.3. The molecule has 3 aromatic rings. The van der Waals surface area contributed by atoms with Crippen LogP contribution in [0.4, 0.5) is 0 Å². The van der Waals surface area contributed by atoms with E-state index in [4.69, 9.17) is 9.47 Å². The number of benzene rings is 2. The second-order valence-corrected chi connectivity index (χ2v) is 6.00. The van der Waals surface area contributed by atoms with Crippen molar-refractivity contribution in [1.29, 1.82) is 0 Å². The van der Waals surface area contributed by atoms with E-state index in [0.29, 0.717) is 12.3 Å². The van der Waals surface area contributed by atoms with Crippen LogP contribution < -0.4 is 14.8 Å². The molecule has 0 aliphatic heterocycles. The molecule has 0 fully saturated rings. The maximum Gasteiger partial charge on any atom is 0.258 e. The highest BCUT2D eigenvalue weighted by Crippen LogP contribution is 2.20. The Bertz CT molecular complexity index is 893. The molecule has 138 valence electrons. The molecule has 6 heteroatoms. The Labute approximate surface area is 158 Å². The van der Waals surface area contributed by atoms with Crippen molar-refractivity contribution >= 4 is 5.91 Å².